The van der Waals surface area contributed by atoms with Crippen molar-refractivity contribution in [2.45, 2.75) is 128 Å². The van der Waals surface area contributed by atoms with E-state index in [4.69, 9.17) is 15.2 Å². The highest BCUT2D eigenvalue weighted by Crippen LogP contribution is 2.37. The third-order valence-corrected chi connectivity index (χ3v) is 12.5. The number of Topliss-reactive ketones (excluding diaryl/α,β-unsaturated/α-hetero) is 2. The fourth-order valence-electron chi connectivity index (χ4n) is 8.09. The third-order valence-electron chi connectivity index (χ3n) is 11.6. The molecule has 2 amide bonds. The smallest absolute Gasteiger partial charge is 0.226 e. The van der Waals surface area contributed by atoms with Gasteiger partial charge in [0, 0.05) is 70.0 Å². The molecule has 1 aromatic carbocycles. The van der Waals surface area contributed by atoms with Gasteiger partial charge in [0.05, 0.1) is 41.3 Å². The predicted molar refractivity (Wildman–Crippen MR) is 205 cm³/mol. The largest absolute Gasteiger partial charge is 0.379 e. The van der Waals surface area contributed by atoms with Crippen molar-refractivity contribution in [2.24, 2.45) is 29.4 Å². The topological polar surface area (TPSA) is 132 Å². The van der Waals surface area contributed by atoms with Gasteiger partial charge in [-0.1, -0.05) is 57.5 Å². The summed E-state index contributed by atoms with van der Waals surface area (Å²) < 4.78 is 12.1. The van der Waals surface area contributed by atoms with Gasteiger partial charge in [0.15, 0.2) is 5.78 Å². The number of carbonyl (C=O) groups is 4. The van der Waals surface area contributed by atoms with E-state index >= 15 is 0 Å². The van der Waals surface area contributed by atoms with Crippen molar-refractivity contribution >= 4 is 34.7 Å². The van der Waals surface area contributed by atoms with Crippen LogP contribution in [0.1, 0.15) is 102 Å². The van der Waals surface area contributed by atoms with Crippen molar-refractivity contribution in [2.75, 3.05) is 27.8 Å². The summed E-state index contributed by atoms with van der Waals surface area (Å²) in [6.07, 6.45) is 6.54. The van der Waals surface area contributed by atoms with Crippen molar-refractivity contribution < 1.29 is 28.7 Å². The molecule has 11 heteroatoms. The van der Waals surface area contributed by atoms with E-state index in [2.05, 4.69) is 17.1 Å². The summed E-state index contributed by atoms with van der Waals surface area (Å²) >= 11 is 1.57. The fourth-order valence-corrected chi connectivity index (χ4v) is 8.84. The van der Waals surface area contributed by atoms with Crippen LogP contribution in [0.4, 0.5) is 0 Å². The molecule has 2 heterocycles. The van der Waals surface area contributed by atoms with E-state index in [-0.39, 0.29) is 66.1 Å². The lowest BCUT2D eigenvalue weighted by Gasteiger charge is -2.45. The van der Waals surface area contributed by atoms with Crippen LogP contribution in [0.5, 0.6) is 0 Å². The lowest BCUT2D eigenvalue weighted by Crippen LogP contribution is -2.56. The van der Waals surface area contributed by atoms with E-state index in [9.17, 15) is 19.2 Å². The van der Waals surface area contributed by atoms with Gasteiger partial charge in [0.25, 0.3) is 0 Å². The number of nitrogens with two attached hydrogens (primary N) is 1. The maximum atomic E-state index is 14.2. The van der Waals surface area contributed by atoms with E-state index in [1.54, 1.807) is 57.5 Å². The normalized spacial score (nSPS) is 20.1. The Hall–Kier alpha value is -2.99. The molecule has 1 aliphatic carbocycles. The molecule has 52 heavy (non-hydrogen) atoms. The van der Waals surface area contributed by atoms with Crippen molar-refractivity contribution in [3.63, 3.8) is 0 Å². The molecule has 288 valence electrons. The van der Waals surface area contributed by atoms with Crippen LogP contribution < -0.4 is 5.73 Å². The molecular weight excluding hydrogens is 677 g/mol. The molecule has 2 fully saturated rings. The zero-order chi connectivity index (χ0) is 38.2. The number of nitrogens with zero attached hydrogens (tertiary/aromatic N) is 3. The molecule has 1 saturated heterocycles. The summed E-state index contributed by atoms with van der Waals surface area (Å²) in [5.41, 5.74) is 6.24. The van der Waals surface area contributed by atoms with Gasteiger partial charge in [-0.3, -0.25) is 19.2 Å². The van der Waals surface area contributed by atoms with Crippen molar-refractivity contribution in [3.05, 3.63) is 52.5 Å². The number of ether oxygens (including phenoxy) is 2. The number of methoxy groups -OCH3 is 2. The first kappa shape index (κ1) is 41.8. The van der Waals surface area contributed by atoms with Gasteiger partial charge in [-0.05, 0) is 63.4 Å². The van der Waals surface area contributed by atoms with Crippen LogP contribution in [0.3, 0.4) is 0 Å². The SMILES string of the molecule is CO[C@H]([C@@H](C)C(=O)C[C@@H](Cc1ccccc1)c1nccs1)[C@@H]1CCCN1C(=O)C[C@@H](OC)[C@H](C1CCC1)N(C)C(=O)[C@@H](CC(=O)C(C)(C)N)C(C)C. The first-order valence-corrected chi connectivity index (χ1v) is 20.0. The quantitative estimate of drug-likeness (QED) is 0.173. The fraction of sp³-hybridized carbons (Fsp3) is 0.683. The zero-order valence-electron chi connectivity index (χ0n) is 32.6. The standard InChI is InChI=1S/C41H62N4O6S/c1-26(2)31(24-35(47)41(4,5)42)40(49)44(6)37(29-16-12-17-29)34(50-7)25-36(48)45-20-13-18-32(45)38(51-8)27(3)33(46)23-30(39-43-19-21-52-39)22-28-14-10-9-11-15-28/h9-11,14-15,19,21,26-27,29-32,34,37-38H,12-13,16-18,20,22-25,42H2,1-8H3/t27-,30+,31-,32-,34+,37-,38+/m0/s1. The highest BCUT2D eigenvalue weighted by atomic mass is 32.1. The van der Waals surface area contributed by atoms with Gasteiger partial charge in [-0.25, -0.2) is 4.98 Å². The minimum atomic E-state index is -1.03. The van der Waals surface area contributed by atoms with Gasteiger partial charge in [0.2, 0.25) is 11.8 Å². The van der Waals surface area contributed by atoms with Gasteiger partial charge >= 0.3 is 0 Å². The predicted octanol–water partition coefficient (Wildman–Crippen LogP) is 6.07. The lowest BCUT2D eigenvalue weighted by atomic mass is 9.75. The molecule has 2 N–H and O–H groups in total. The minimum Gasteiger partial charge on any atom is -0.379 e. The maximum absolute atomic E-state index is 14.2. The summed E-state index contributed by atoms with van der Waals surface area (Å²) in [4.78, 5) is 63.4. The second-order valence-corrected chi connectivity index (χ2v) is 16.9. The highest BCUT2D eigenvalue weighted by Gasteiger charge is 2.45. The Balaban J connectivity index is 1.48. The average Bonchev–Trinajstić information content (AvgIpc) is 3.80. The number of likely N-dealkylation sites (tertiary alicyclic amines) is 1. The summed E-state index contributed by atoms with van der Waals surface area (Å²) in [5.74, 6) is -1.11. The molecule has 0 spiro atoms. The molecule has 4 rings (SSSR count). The Labute approximate surface area is 315 Å². The summed E-state index contributed by atoms with van der Waals surface area (Å²) in [5, 5.41) is 2.89. The molecule has 0 unspecified atom stereocenters. The molecule has 10 nitrogen and oxygen atoms in total. The number of thiazole rings is 1. The van der Waals surface area contributed by atoms with Crippen LogP contribution in [-0.4, -0.2) is 95.8 Å². The van der Waals surface area contributed by atoms with Gasteiger partial charge in [0.1, 0.15) is 5.78 Å². The average molecular weight is 739 g/mol. The van der Waals surface area contributed by atoms with Crippen LogP contribution in [0.25, 0.3) is 0 Å². The Morgan fingerprint density at radius 2 is 1.69 bits per heavy atom. The summed E-state index contributed by atoms with van der Waals surface area (Å²) in [6, 6.07) is 9.61. The molecule has 7 atom stereocenters. The molecule has 0 bridgehead atoms. The van der Waals surface area contributed by atoms with E-state index < -0.39 is 29.6 Å². The van der Waals surface area contributed by atoms with Crippen LogP contribution in [0, 0.1) is 23.7 Å². The number of carbonyl (C=O) groups excluding carboxylic acids is 4. The lowest BCUT2D eigenvalue weighted by molar-refractivity contribution is -0.150. The van der Waals surface area contributed by atoms with E-state index in [1.165, 1.54) is 0 Å². The number of amides is 2. The van der Waals surface area contributed by atoms with E-state index in [0.29, 0.717) is 13.0 Å². The Bertz CT molecular complexity index is 1460. The molecular formula is C41H62N4O6S. The molecule has 2 aliphatic rings. The molecule has 1 saturated carbocycles. The monoisotopic (exact) mass is 738 g/mol. The van der Waals surface area contributed by atoms with Gasteiger partial charge in [-0.15, -0.1) is 11.3 Å². The van der Waals surface area contributed by atoms with Gasteiger partial charge < -0.3 is 25.0 Å². The third kappa shape index (κ3) is 10.4. The van der Waals surface area contributed by atoms with Crippen molar-refractivity contribution in [1.29, 1.82) is 0 Å². The van der Waals surface area contributed by atoms with Crippen LogP contribution in [0.2, 0.25) is 0 Å². The number of aromatic nitrogens is 1. The molecule has 0 radical (unpaired) electrons. The molecule has 1 aliphatic heterocycles. The van der Waals surface area contributed by atoms with E-state index in [0.717, 1.165) is 49.1 Å². The maximum Gasteiger partial charge on any atom is 0.226 e. The number of hydrogen-bond donors (Lipinski definition) is 1. The second-order valence-electron chi connectivity index (χ2n) is 16.0. The Kier molecular flexibility index (Phi) is 15.1. The van der Waals surface area contributed by atoms with Crippen LogP contribution in [0.15, 0.2) is 41.9 Å². The number of rotatable bonds is 20. The molecule has 1 aromatic heterocycles. The van der Waals surface area contributed by atoms with Gasteiger partial charge in [-0.2, -0.15) is 0 Å². The summed E-state index contributed by atoms with van der Waals surface area (Å²) in [6.45, 7) is 9.75. The van der Waals surface area contributed by atoms with Crippen LogP contribution >= 0.6 is 11.3 Å². The number of ketones is 2. The number of benzene rings is 1. The first-order valence-electron chi connectivity index (χ1n) is 19.1. The Morgan fingerprint density at radius 1 is 1.00 bits per heavy atom. The second kappa shape index (κ2) is 18.9. The minimum absolute atomic E-state index is 0.0445. The first-order chi connectivity index (χ1) is 24.7. The van der Waals surface area contributed by atoms with Crippen LogP contribution in [-0.2, 0) is 35.1 Å². The molecule has 2 aromatic rings. The number of likely N-dealkylation sites (N-methyl/N-ethyl adjacent to an activating group) is 1. The highest BCUT2D eigenvalue weighted by molar-refractivity contribution is 7.09. The zero-order valence-corrected chi connectivity index (χ0v) is 33.4. The van der Waals surface area contributed by atoms with Crippen molar-refractivity contribution in [3.8, 4) is 0 Å². The number of hydrogen-bond acceptors (Lipinski definition) is 9. The van der Waals surface area contributed by atoms with Crippen molar-refractivity contribution in [1.82, 2.24) is 14.8 Å². The Morgan fingerprint density at radius 3 is 2.23 bits per heavy atom. The van der Waals surface area contributed by atoms with E-state index in [1.807, 2.05) is 49.3 Å². The summed E-state index contributed by atoms with van der Waals surface area (Å²) in [7, 11) is 5.03.